The molecule has 508 valence electrons. The molecule has 0 radical (unpaired) electrons. The van der Waals surface area contributed by atoms with E-state index in [0.717, 1.165) is 18.3 Å². The maximum absolute atomic E-state index is 14.5. The fourth-order valence-corrected chi connectivity index (χ4v) is 17.6. The van der Waals surface area contributed by atoms with Crippen LogP contribution in [-0.4, -0.2) is 267 Å². The van der Waals surface area contributed by atoms with Gasteiger partial charge in [0.15, 0.2) is 31.5 Å². The molecule has 31 heteroatoms. The summed E-state index contributed by atoms with van der Waals surface area (Å²) in [6, 6.07) is 0. The molecule has 31 atom stereocenters. The van der Waals surface area contributed by atoms with Gasteiger partial charge >= 0.3 is 35.5 Å². The zero-order chi connectivity index (χ0) is 65.0. The van der Waals surface area contributed by atoms with Crippen molar-refractivity contribution in [3.63, 3.8) is 0 Å². The summed E-state index contributed by atoms with van der Waals surface area (Å²) in [6.45, 7) is 12.6. The Labute approximate surface area is 544 Å². The number of ether oxygens (including phenoxy) is 12. The first-order chi connectivity index (χ1) is 41.7. The average Bonchev–Trinajstić information content (AvgIpc) is 1.46. The van der Waals surface area contributed by atoms with Crippen LogP contribution in [0.25, 0.3) is 0 Å². The monoisotopic (exact) mass is 1320 g/mol. The van der Waals surface area contributed by atoms with Gasteiger partial charge in [-0.3, -0.25) is 13.8 Å². The van der Waals surface area contributed by atoms with E-state index in [2.05, 4.69) is 26.0 Å². The second-order valence-corrected chi connectivity index (χ2v) is 28.6. The molecule has 0 amide bonds. The van der Waals surface area contributed by atoms with Gasteiger partial charge in [-0.2, -0.15) is 0 Å². The molecule has 3 saturated carbocycles. The number of aliphatic hydroxyl groups is 11. The Morgan fingerprint density at radius 2 is 1.28 bits per heavy atom. The number of hydrogen-bond acceptors (Lipinski definition) is 29. The van der Waals surface area contributed by atoms with Crippen molar-refractivity contribution in [1.29, 1.82) is 0 Å². The summed E-state index contributed by atoms with van der Waals surface area (Å²) < 4.78 is 114. The number of Topliss-reactive ketones (excluding diaryl/α,β-unsaturated/α-hetero) is 1. The zero-order valence-electron chi connectivity index (χ0n) is 52.4. The number of aliphatic hydroxyl groups excluding tert-OH is 11. The van der Waals surface area contributed by atoms with Crippen molar-refractivity contribution in [2.24, 2.45) is 39.4 Å². The van der Waals surface area contributed by atoms with Crippen molar-refractivity contribution in [1.82, 2.24) is 0 Å². The second-order valence-electron chi connectivity index (χ2n) is 27.6. The molecular weight excluding hydrogens is 1230 g/mol. The van der Waals surface area contributed by atoms with Gasteiger partial charge in [0.05, 0.1) is 50.0 Å². The zero-order valence-corrected chi connectivity index (χ0v) is 55.2. The van der Waals surface area contributed by atoms with E-state index in [0.29, 0.717) is 44.9 Å². The van der Waals surface area contributed by atoms with Crippen LogP contribution in [0.2, 0.25) is 0 Å². The van der Waals surface area contributed by atoms with Crippen LogP contribution in [0.4, 0.5) is 0 Å². The van der Waals surface area contributed by atoms with Gasteiger partial charge in [0.1, 0.15) is 115 Å². The summed E-state index contributed by atoms with van der Waals surface area (Å²) in [7, 11) is -4.36. The van der Waals surface area contributed by atoms with Gasteiger partial charge in [0.2, 0.25) is 10.4 Å². The molecule has 10 rings (SSSR count). The van der Waals surface area contributed by atoms with Gasteiger partial charge in [-0.05, 0) is 95.3 Å². The number of carbonyl (C=O) groups excluding carboxylic acids is 2. The molecule has 1 spiro atoms. The average molecular weight is 1320 g/mol. The Morgan fingerprint density at radius 3 is 1.90 bits per heavy atom. The Hall–Kier alpha value is -1.39. The number of fused-ring (bicyclic) bond motifs is 4. The molecule has 10 aliphatic rings. The molecule has 0 aromatic rings. The van der Waals surface area contributed by atoms with E-state index in [1.807, 2.05) is 34.6 Å². The van der Waals surface area contributed by atoms with E-state index in [4.69, 9.17) is 61.0 Å². The molecule has 9 fully saturated rings. The number of cyclic esters (lactones) is 1. The molecular formula is C59H91NaO29S. The van der Waals surface area contributed by atoms with Gasteiger partial charge in [0, 0.05) is 18.9 Å². The fourth-order valence-electron chi connectivity index (χ4n) is 17.1. The largest absolute Gasteiger partial charge is 1.00 e. The minimum Gasteiger partial charge on any atom is -0.726 e. The molecule has 4 aliphatic carbocycles. The van der Waals surface area contributed by atoms with Gasteiger partial charge in [-0.15, -0.1) is 0 Å². The van der Waals surface area contributed by atoms with Crippen molar-refractivity contribution >= 4 is 22.2 Å². The summed E-state index contributed by atoms with van der Waals surface area (Å²) in [5.41, 5.74) is -1.64. The van der Waals surface area contributed by atoms with Crippen molar-refractivity contribution in [3.8, 4) is 0 Å². The van der Waals surface area contributed by atoms with Crippen LogP contribution >= 0.6 is 0 Å². The van der Waals surface area contributed by atoms with E-state index in [-0.39, 0.29) is 65.0 Å². The molecule has 0 bridgehead atoms. The normalized spacial score (nSPS) is 50.1. The molecule has 6 saturated heterocycles. The number of carbonyl (C=O) groups is 2. The van der Waals surface area contributed by atoms with E-state index < -0.39 is 212 Å². The third-order valence-electron chi connectivity index (χ3n) is 21.7. The number of hydrogen-bond donors (Lipinski definition) is 11. The van der Waals surface area contributed by atoms with Crippen molar-refractivity contribution in [2.45, 2.75) is 260 Å². The second kappa shape index (κ2) is 27.5. The van der Waals surface area contributed by atoms with Gasteiger partial charge in [-0.25, -0.2) is 8.42 Å². The van der Waals surface area contributed by atoms with Crippen LogP contribution in [0, 0.1) is 39.4 Å². The Bertz CT molecular complexity index is 2720. The van der Waals surface area contributed by atoms with Crippen LogP contribution in [0.3, 0.4) is 0 Å². The van der Waals surface area contributed by atoms with Gasteiger partial charge in [0.25, 0.3) is 0 Å². The Morgan fingerprint density at radius 1 is 0.689 bits per heavy atom. The van der Waals surface area contributed by atoms with Crippen molar-refractivity contribution in [3.05, 3.63) is 23.3 Å². The summed E-state index contributed by atoms with van der Waals surface area (Å²) in [6.07, 6.45) is -33.5. The van der Waals surface area contributed by atoms with Crippen LogP contribution in [0.1, 0.15) is 107 Å². The minimum atomic E-state index is -5.52. The predicted molar refractivity (Wildman–Crippen MR) is 296 cm³/mol. The van der Waals surface area contributed by atoms with Crippen molar-refractivity contribution in [2.75, 3.05) is 33.5 Å². The number of rotatable bonds is 18. The SMILES string of the molecule is CO[C@@H]1[C@@H](O)[C@H](O[C@@H]2[C@@H](O)[C@H](O[C@H]3[C@H](O)[C@@H](O[C@@H]4OC[C@@H](O)[C@H](O)[C@H]4O)[C@H](O[C@H]4[C@H](OC5CC[C@]6(C)[C@H]7CC[C@]89C(=O)O[C@@](C)(CCC=C(C)C)[C@H]8C(=O)C[C@@]9(C)C7=CC[C@H]6C5(C)C)OC[C@@H](OS(=O)(=O)[O-])[C@@H]4O)O[C@@H]3C)O[C@H](CO)[C@H]2O)O[C@H](CO)[C@H]1O.[Na+]. The first-order valence-corrected chi connectivity index (χ1v) is 32.1. The predicted octanol–water partition coefficient (Wildman–Crippen LogP) is -5.26. The number of methoxy groups -OCH3 is 1. The minimum absolute atomic E-state index is 0. The third-order valence-corrected chi connectivity index (χ3v) is 22.2. The standard InChI is InChI=1S/C59H92O29S.Na/c1-24(2)11-10-16-58(8)48-28(62)19-57(7)27-12-13-33-55(4,5)34(15-17-56(33,6)26(27)14-18-59(48,57)54(72)87-58)82-52-46(38(67)32(23-78-52)88-89(73,74)75)86-53-47(85-49-39(68)35(64)29(63)22-77-49)40(69)43(25(3)79-53)83-51-42(71)45(37(66)31(21-61)81-51)84-50-41(70)44(76-9)36(65)30(20-60)80-50;/h11-12,25-26,29-53,60-61,63-71H,10,13-23H2,1-9H3,(H,73,74,75);/q;+1/p-1/t25-,26+,29-,30-,31-,32-,33+,34?,35+,36-,37-,38+,39-,40+,41-,42-,43-,44+,45+,46-,47-,48-,49+,50+,51+,52+,53+,56-,57+,58+,59-;/m1./s1. The topological polar surface area (TPSA) is 434 Å². The van der Waals surface area contributed by atoms with E-state index >= 15 is 0 Å². The maximum Gasteiger partial charge on any atom is 1.00 e. The smallest absolute Gasteiger partial charge is 0.726 e. The molecule has 0 aromatic heterocycles. The summed E-state index contributed by atoms with van der Waals surface area (Å²) in [4.78, 5) is 28.9. The molecule has 90 heavy (non-hydrogen) atoms. The first-order valence-electron chi connectivity index (χ1n) is 30.8. The molecule has 1 unspecified atom stereocenters. The van der Waals surface area contributed by atoms with Crippen LogP contribution in [0.15, 0.2) is 23.3 Å². The molecule has 0 aromatic carbocycles. The van der Waals surface area contributed by atoms with Crippen LogP contribution < -0.4 is 29.6 Å². The molecule has 6 aliphatic heterocycles. The van der Waals surface area contributed by atoms with Gasteiger partial charge < -0.3 is 118 Å². The Balaban J connectivity index is 0.00000960. The molecule has 29 nitrogen and oxygen atoms in total. The third kappa shape index (κ3) is 12.8. The number of ketones is 1. The molecule has 6 heterocycles. The fraction of sp³-hybridized carbons (Fsp3) is 0.898. The Kier molecular flexibility index (Phi) is 22.3. The van der Waals surface area contributed by atoms with Crippen molar-refractivity contribution < 1.29 is 169 Å². The summed E-state index contributed by atoms with van der Waals surface area (Å²) in [5, 5.41) is 122. The maximum atomic E-state index is 14.5. The van der Waals surface area contributed by atoms with Gasteiger partial charge in [-0.1, -0.05) is 51.0 Å². The quantitative estimate of drug-likeness (QED) is 0.0201. The molecule has 11 N–H and O–H groups in total. The number of allylic oxidation sites excluding steroid dienone is 4. The van der Waals surface area contributed by atoms with Crippen LogP contribution in [-0.2, 0) is 81.0 Å². The van der Waals surface area contributed by atoms with E-state index in [1.54, 1.807) is 0 Å². The summed E-state index contributed by atoms with van der Waals surface area (Å²) >= 11 is 0. The van der Waals surface area contributed by atoms with E-state index in [9.17, 15) is 78.7 Å². The van der Waals surface area contributed by atoms with E-state index in [1.165, 1.54) is 6.92 Å². The van der Waals surface area contributed by atoms with Crippen LogP contribution in [0.5, 0.6) is 0 Å². The summed E-state index contributed by atoms with van der Waals surface area (Å²) in [5.74, 6) is -0.999. The first kappa shape index (κ1) is 72.9. The number of esters is 1.